The first-order valence-corrected chi connectivity index (χ1v) is 7.69. The summed E-state index contributed by atoms with van der Waals surface area (Å²) in [5.41, 5.74) is 1.35. The predicted octanol–water partition coefficient (Wildman–Crippen LogP) is 3.37. The molecule has 1 aromatic rings. The van der Waals surface area contributed by atoms with Crippen molar-refractivity contribution in [1.29, 1.82) is 0 Å². The van der Waals surface area contributed by atoms with Crippen LogP contribution >= 0.6 is 11.6 Å². The summed E-state index contributed by atoms with van der Waals surface area (Å²) in [4.78, 5) is 2.59. The Labute approximate surface area is 122 Å². The van der Waals surface area contributed by atoms with Crippen LogP contribution in [0.4, 0.5) is 0 Å². The van der Waals surface area contributed by atoms with Crippen molar-refractivity contribution in [3.63, 3.8) is 0 Å². The van der Waals surface area contributed by atoms with Gasteiger partial charge in [0, 0.05) is 11.6 Å². The topological polar surface area (TPSA) is 15.3 Å². The van der Waals surface area contributed by atoms with Crippen molar-refractivity contribution in [2.24, 2.45) is 5.92 Å². The first-order chi connectivity index (χ1) is 9.19. The molecule has 1 atom stereocenters. The molecule has 1 heterocycles. The summed E-state index contributed by atoms with van der Waals surface area (Å²) in [5, 5.41) is 4.14. The summed E-state index contributed by atoms with van der Waals surface area (Å²) in [6.07, 6.45) is 2.65. The molecule has 0 saturated carbocycles. The normalized spacial score (nSPS) is 19.5. The lowest BCUT2D eigenvalue weighted by Gasteiger charge is -2.33. The molecule has 0 radical (unpaired) electrons. The first-order valence-electron chi connectivity index (χ1n) is 7.31. The molecule has 3 heteroatoms. The lowest BCUT2D eigenvalue weighted by Crippen LogP contribution is -2.38. The largest absolute Gasteiger partial charge is 0.319 e. The Hall–Kier alpha value is -0.570. The molecule has 106 valence electrons. The molecule has 2 rings (SSSR count). The van der Waals surface area contributed by atoms with Gasteiger partial charge < -0.3 is 10.2 Å². The fourth-order valence-corrected chi connectivity index (χ4v) is 3.17. The van der Waals surface area contributed by atoms with Crippen LogP contribution in [-0.2, 0) is 0 Å². The molecule has 1 fully saturated rings. The zero-order chi connectivity index (χ0) is 13.7. The molecule has 0 aromatic heterocycles. The number of hydrogen-bond acceptors (Lipinski definition) is 2. The van der Waals surface area contributed by atoms with E-state index < -0.39 is 0 Å². The maximum absolute atomic E-state index is 6.06. The highest BCUT2D eigenvalue weighted by molar-refractivity contribution is 6.30. The SMILES string of the molecule is CNCC1CCN(CC(C)c2cccc(Cl)c2)CC1. The minimum absolute atomic E-state index is 0.555. The summed E-state index contributed by atoms with van der Waals surface area (Å²) < 4.78 is 0. The lowest BCUT2D eigenvalue weighted by molar-refractivity contribution is 0.176. The van der Waals surface area contributed by atoms with Crippen LogP contribution in [0.3, 0.4) is 0 Å². The van der Waals surface area contributed by atoms with Crippen molar-refractivity contribution in [3.05, 3.63) is 34.9 Å². The van der Waals surface area contributed by atoms with E-state index in [2.05, 4.69) is 29.3 Å². The maximum Gasteiger partial charge on any atom is 0.0408 e. The highest BCUT2D eigenvalue weighted by Crippen LogP contribution is 2.23. The van der Waals surface area contributed by atoms with E-state index in [-0.39, 0.29) is 0 Å². The zero-order valence-corrected chi connectivity index (χ0v) is 12.8. The first kappa shape index (κ1) is 14.8. The van der Waals surface area contributed by atoms with Gasteiger partial charge in [-0.05, 0) is 69.1 Å². The van der Waals surface area contributed by atoms with Crippen LogP contribution in [0, 0.1) is 5.92 Å². The monoisotopic (exact) mass is 280 g/mol. The van der Waals surface area contributed by atoms with Gasteiger partial charge in [0.2, 0.25) is 0 Å². The summed E-state index contributed by atoms with van der Waals surface area (Å²) in [6, 6.07) is 8.28. The van der Waals surface area contributed by atoms with Crippen LogP contribution in [0.15, 0.2) is 24.3 Å². The van der Waals surface area contributed by atoms with Gasteiger partial charge in [0.15, 0.2) is 0 Å². The van der Waals surface area contributed by atoms with Gasteiger partial charge in [0.1, 0.15) is 0 Å². The Bertz CT molecular complexity index is 386. The second kappa shape index (κ2) is 7.28. The number of rotatable bonds is 5. The number of likely N-dealkylation sites (tertiary alicyclic amines) is 1. The summed E-state index contributed by atoms with van der Waals surface area (Å²) in [5.74, 6) is 1.42. The second-order valence-electron chi connectivity index (χ2n) is 5.76. The van der Waals surface area contributed by atoms with Crippen molar-refractivity contribution in [1.82, 2.24) is 10.2 Å². The highest BCUT2D eigenvalue weighted by Gasteiger charge is 2.20. The average molecular weight is 281 g/mol. The van der Waals surface area contributed by atoms with E-state index in [1.54, 1.807) is 0 Å². The smallest absolute Gasteiger partial charge is 0.0408 e. The number of piperidine rings is 1. The highest BCUT2D eigenvalue weighted by atomic mass is 35.5. The Kier molecular flexibility index (Phi) is 5.68. The molecule has 1 N–H and O–H groups in total. The van der Waals surface area contributed by atoms with Crippen LogP contribution in [0.5, 0.6) is 0 Å². The van der Waals surface area contributed by atoms with Gasteiger partial charge in [-0.3, -0.25) is 0 Å². The molecule has 0 aliphatic carbocycles. The number of nitrogens with one attached hydrogen (secondary N) is 1. The molecule has 0 amide bonds. The van der Waals surface area contributed by atoms with E-state index >= 15 is 0 Å². The van der Waals surface area contributed by atoms with Crippen LogP contribution in [-0.4, -0.2) is 38.1 Å². The standard InChI is InChI=1S/C16H25ClN2/c1-13(15-4-3-5-16(17)10-15)12-19-8-6-14(7-9-19)11-18-2/h3-5,10,13-14,18H,6-9,11-12H2,1-2H3. The summed E-state index contributed by atoms with van der Waals surface area (Å²) in [7, 11) is 2.05. The fourth-order valence-electron chi connectivity index (χ4n) is 2.97. The Balaban J connectivity index is 1.82. The third-order valence-corrected chi connectivity index (χ3v) is 4.38. The molecule has 19 heavy (non-hydrogen) atoms. The Morgan fingerprint density at radius 3 is 2.74 bits per heavy atom. The van der Waals surface area contributed by atoms with Crippen LogP contribution in [0.1, 0.15) is 31.2 Å². The van der Waals surface area contributed by atoms with E-state index in [9.17, 15) is 0 Å². The van der Waals surface area contributed by atoms with E-state index in [1.807, 2.05) is 19.2 Å². The minimum Gasteiger partial charge on any atom is -0.319 e. The van der Waals surface area contributed by atoms with Gasteiger partial charge in [0.05, 0.1) is 0 Å². The predicted molar refractivity (Wildman–Crippen MR) is 83.0 cm³/mol. The molecular weight excluding hydrogens is 256 g/mol. The Morgan fingerprint density at radius 2 is 2.11 bits per heavy atom. The van der Waals surface area contributed by atoms with Gasteiger partial charge in [-0.25, -0.2) is 0 Å². The molecule has 2 nitrogen and oxygen atoms in total. The molecule has 1 aromatic carbocycles. The second-order valence-corrected chi connectivity index (χ2v) is 6.19. The van der Waals surface area contributed by atoms with Crippen LogP contribution in [0.2, 0.25) is 5.02 Å². The summed E-state index contributed by atoms with van der Waals surface area (Å²) in [6.45, 7) is 7.07. The van der Waals surface area contributed by atoms with Crippen molar-refractivity contribution in [3.8, 4) is 0 Å². The maximum atomic E-state index is 6.06. The van der Waals surface area contributed by atoms with Gasteiger partial charge in [-0.15, -0.1) is 0 Å². The fraction of sp³-hybridized carbons (Fsp3) is 0.625. The van der Waals surface area contributed by atoms with E-state index in [0.717, 1.165) is 24.0 Å². The minimum atomic E-state index is 0.555. The average Bonchev–Trinajstić information content (AvgIpc) is 2.41. The van der Waals surface area contributed by atoms with Crippen molar-refractivity contribution in [2.45, 2.75) is 25.7 Å². The third-order valence-electron chi connectivity index (χ3n) is 4.15. The van der Waals surface area contributed by atoms with Gasteiger partial charge in [-0.1, -0.05) is 30.7 Å². The van der Waals surface area contributed by atoms with Crippen LogP contribution in [0.25, 0.3) is 0 Å². The number of benzene rings is 1. The van der Waals surface area contributed by atoms with Crippen LogP contribution < -0.4 is 5.32 Å². The number of hydrogen-bond donors (Lipinski definition) is 1. The zero-order valence-electron chi connectivity index (χ0n) is 12.0. The molecular formula is C16H25ClN2. The molecule has 1 saturated heterocycles. The molecule has 1 aliphatic rings. The van der Waals surface area contributed by atoms with Crippen molar-refractivity contribution >= 4 is 11.6 Å². The molecule has 1 aliphatic heterocycles. The molecule has 1 unspecified atom stereocenters. The molecule has 0 bridgehead atoms. The van der Waals surface area contributed by atoms with Gasteiger partial charge >= 0.3 is 0 Å². The number of halogens is 1. The van der Waals surface area contributed by atoms with Crippen molar-refractivity contribution in [2.75, 3.05) is 33.2 Å². The van der Waals surface area contributed by atoms with E-state index in [4.69, 9.17) is 11.6 Å². The Morgan fingerprint density at radius 1 is 1.37 bits per heavy atom. The van der Waals surface area contributed by atoms with E-state index in [0.29, 0.717) is 5.92 Å². The third kappa shape index (κ3) is 4.48. The van der Waals surface area contributed by atoms with Gasteiger partial charge in [-0.2, -0.15) is 0 Å². The lowest BCUT2D eigenvalue weighted by atomic mass is 9.94. The quantitative estimate of drug-likeness (QED) is 0.890. The number of nitrogens with zero attached hydrogens (tertiary/aromatic N) is 1. The summed E-state index contributed by atoms with van der Waals surface area (Å²) >= 11 is 6.06. The van der Waals surface area contributed by atoms with Gasteiger partial charge in [0.25, 0.3) is 0 Å². The van der Waals surface area contributed by atoms with Crippen molar-refractivity contribution < 1.29 is 0 Å². The molecule has 0 spiro atoms. The van der Waals surface area contributed by atoms with E-state index in [1.165, 1.54) is 31.5 Å².